The van der Waals surface area contributed by atoms with E-state index < -0.39 is 0 Å². The molecule has 0 amide bonds. The van der Waals surface area contributed by atoms with E-state index >= 15 is 0 Å². The first-order chi connectivity index (χ1) is 6.75. The monoisotopic (exact) mass is 192 g/mol. The highest BCUT2D eigenvalue weighted by atomic mass is 16.6. The summed E-state index contributed by atoms with van der Waals surface area (Å²) in [5.41, 5.74) is 2.62. The number of nitrogens with zero attached hydrogens (tertiary/aromatic N) is 2. The lowest BCUT2D eigenvalue weighted by molar-refractivity contribution is -0.0651. The Kier molecular flexibility index (Phi) is 0.941. The molecule has 0 spiro atoms. The van der Waals surface area contributed by atoms with Gasteiger partial charge in [-0.15, -0.1) is 0 Å². The molecule has 0 N–H and O–H groups in total. The summed E-state index contributed by atoms with van der Waals surface area (Å²) < 4.78 is 11.6. The number of hydrogen-bond donors (Lipinski definition) is 0. The first kappa shape index (κ1) is 7.04. The van der Waals surface area contributed by atoms with Crippen LogP contribution in [0.15, 0.2) is 22.9 Å². The minimum Gasteiger partial charge on any atom is -0.471 e. The molecule has 0 radical (unpaired) electrons. The van der Waals surface area contributed by atoms with Crippen molar-refractivity contribution in [3.8, 4) is 0 Å². The first-order valence-corrected chi connectivity index (χ1v) is 5.07. The summed E-state index contributed by atoms with van der Waals surface area (Å²) in [5, 5.41) is 4.54. The zero-order valence-corrected chi connectivity index (χ0v) is 8.28. The Labute approximate surface area is 82.3 Å². The molecule has 2 atom stereocenters. The van der Waals surface area contributed by atoms with Crippen LogP contribution in [-0.4, -0.2) is 22.5 Å². The molecule has 4 rings (SSSR count). The van der Waals surface area contributed by atoms with Crippen LogP contribution in [0.4, 0.5) is 0 Å². The maximum Gasteiger partial charge on any atom is 0.195 e. The van der Waals surface area contributed by atoms with E-state index in [2.05, 4.69) is 10.0 Å². The average molecular weight is 192 g/mol. The van der Waals surface area contributed by atoms with Gasteiger partial charge in [-0.3, -0.25) is 0 Å². The highest BCUT2D eigenvalue weighted by Gasteiger charge is 2.55. The number of hydrogen-bond acceptors (Lipinski definition) is 4. The van der Waals surface area contributed by atoms with E-state index in [1.54, 1.807) is 0 Å². The molecule has 2 fully saturated rings. The zero-order chi connectivity index (χ0) is 9.45. The molecule has 2 saturated heterocycles. The molecule has 14 heavy (non-hydrogen) atoms. The Balaban J connectivity index is 1.91. The lowest BCUT2D eigenvalue weighted by Crippen LogP contribution is -2.34. The third-order valence-corrected chi connectivity index (χ3v) is 3.51. The van der Waals surface area contributed by atoms with Crippen molar-refractivity contribution in [1.29, 1.82) is 0 Å². The van der Waals surface area contributed by atoms with Gasteiger partial charge in [-0.2, -0.15) is 0 Å². The van der Waals surface area contributed by atoms with E-state index in [1.807, 2.05) is 13.8 Å². The molecule has 0 unspecified atom stereocenters. The van der Waals surface area contributed by atoms with Crippen molar-refractivity contribution < 1.29 is 9.47 Å². The normalized spacial score (nSPS) is 37.0. The maximum atomic E-state index is 5.79. The van der Waals surface area contributed by atoms with Crippen LogP contribution in [0.25, 0.3) is 0 Å². The van der Waals surface area contributed by atoms with Crippen molar-refractivity contribution in [1.82, 2.24) is 10.0 Å². The highest BCUT2D eigenvalue weighted by molar-refractivity contribution is 5.29. The second kappa shape index (κ2) is 1.87. The van der Waals surface area contributed by atoms with Gasteiger partial charge in [0.1, 0.15) is 11.5 Å². The van der Waals surface area contributed by atoms with Gasteiger partial charge in [0.25, 0.3) is 0 Å². The summed E-state index contributed by atoms with van der Waals surface area (Å²) in [4.78, 5) is 0. The smallest absolute Gasteiger partial charge is 0.195 e. The Bertz CT molecular complexity index is 361. The van der Waals surface area contributed by atoms with Gasteiger partial charge in [-0.25, -0.2) is 10.0 Å². The molecular formula is C10H12N2O2. The summed E-state index contributed by atoms with van der Waals surface area (Å²) >= 11 is 0. The summed E-state index contributed by atoms with van der Waals surface area (Å²) in [7, 11) is 0. The van der Waals surface area contributed by atoms with Gasteiger partial charge in [0.15, 0.2) is 12.5 Å². The second-order valence-corrected chi connectivity index (χ2v) is 4.25. The van der Waals surface area contributed by atoms with Crippen LogP contribution in [0.3, 0.4) is 0 Å². The van der Waals surface area contributed by atoms with Crippen molar-refractivity contribution in [2.75, 3.05) is 0 Å². The largest absolute Gasteiger partial charge is 0.471 e. The van der Waals surface area contributed by atoms with Crippen molar-refractivity contribution in [2.45, 2.75) is 39.1 Å². The Morgan fingerprint density at radius 2 is 1.36 bits per heavy atom. The van der Waals surface area contributed by atoms with Crippen molar-refractivity contribution in [3.63, 3.8) is 0 Å². The second-order valence-electron chi connectivity index (χ2n) is 4.25. The molecule has 4 nitrogen and oxygen atoms in total. The maximum absolute atomic E-state index is 5.79. The van der Waals surface area contributed by atoms with E-state index in [0.29, 0.717) is 0 Å². The zero-order valence-electron chi connectivity index (χ0n) is 8.28. The van der Waals surface area contributed by atoms with E-state index in [4.69, 9.17) is 9.47 Å². The van der Waals surface area contributed by atoms with E-state index in [9.17, 15) is 0 Å². The van der Waals surface area contributed by atoms with Gasteiger partial charge < -0.3 is 9.47 Å². The molecule has 0 aromatic carbocycles. The fraction of sp³-hybridized carbons (Fsp3) is 0.600. The van der Waals surface area contributed by atoms with Crippen LogP contribution in [-0.2, 0) is 9.47 Å². The Morgan fingerprint density at radius 3 is 1.79 bits per heavy atom. The summed E-state index contributed by atoms with van der Waals surface area (Å²) in [6, 6.07) is 0. The van der Waals surface area contributed by atoms with Gasteiger partial charge in [0.05, 0.1) is 24.2 Å². The van der Waals surface area contributed by atoms with E-state index in [1.165, 1.54) is 11.4 Å². The van der Waals surface area contributed by atoms with Gasteiger partial charge >= 0.3 is 0 Å². The summed E-state index contributed by atoms with van der Waals surface area (Å²) in [5.74, 6) is 2.15. The molecule has 4 aliphatic rings. The Morgan fingerprint density at radius 1 is 0.929 bits per heavy atom. The standard InChI is InChI=1S/C10H12N2O2/c1-5-7-3-10-12-8(6(2)14-10)4-9(13-5)11(7)12/h9-10H,3-4H2,1-2H3/t9-,10-/m1/s1. The van der Waals surface area contributed by atoms with Gasteiger partial charge in [0, 0.05) is 0 Å². The van der Waals surface area contributed by atoms with Crippen molar-refractivity contribution in [2.24, 2.45) is 0 Å². The number of rotatable bonds is 0. The molecule has 74 valence electrons. The summed E-state index contributed by atoms with van der Waals surface area (Å²) in [6.45, 7) is 4.10. The fourth-order valence-corrected chi connectivity index (χ4v) is 2.91. The highest BCUT2D eigenvalue weighted by Crippen LogP contribution is 2.52. The predicted molar refractivity (Wildman–Crippen MR) is 48.1 cm³/mol. The molecular weight excluding hydrogens is 180 g/mol. The number of ether oxygens (including phenoxy) is 2. The molecule has 4 heteroatoms. The Hall–Kier alpha value is -1.32. The topological polar surface area (TPSA) is 24.9 Å². The molecule has 4 heterocycles. The first-order valence-electron chi connectivity index (χ1n) is 5.07. The van der Waals surface area contributed by atoms with Crippen LogP contribution in [0, 0.1) is 0 Å². The molecule has 0 aromatic rings. The molecule has 4 aliphatic heterocycles. The van der Waals surface area contributed by atoms with Gasteiger partial charge in [0.2, 0.25) is 0 Å². The molecule has 0 saturated carbocycles. The number of hydrazine groups is 1. The average Bonchev–Trinajstić information content (AvgIpc) is 2.75. The molecule has 0 aromatic heterocycles. The van der Waals surface area contributed by atoms with Gasteiger partial charge in [-0.1, -0.05) is 0 Å². The summed E-state index contributed by atoms with van der Waals surface area (Å²) in [6.07, 6.45) is 2.35. The lowest BCUT2D eigenvalue weighted by atomic mass is 10.2. The van der Waals surface area contributed by atoms with Crippen LogP contribution in [0.2, 0.25) is 0 Å². The van der Waals surface area contributed by atoms with Gasteiger partial charge in [-0.05, 0) is 13.8 Å². The van der Waals surface area contributed by atoms with Crippen LogP contribution in [0.1, 0.15) is 26.7 Å². The minimum atomic E-state index is 0.212. The third-order valence-electron chi connectivity index (χ3n) is 3.51. The molecule has 0 bridgehead atoms. The van der Waals surface area contributed by atoms with Crippen molar-refractivity contribution >= 4 is 0 Å². The number of allylic oxidation sites excluding steroid dienone is 2. The minimum absolute atomic E-state index is 0.212. The van der Waals surface area contributed by atoms with E-state index in [0.717, 1.165) is 24.4 Å². The fourth-order valence-electron chi connectivity index (χ4n) is 2.91. The van der Waals surface area contributed by atoms with Crippen LogP contribution < -0.4 is 0 Å². The quantitative estimate of drug-likeness (QED) is 0.580. The predicted octanol–water partition coefficient (Wildman–Crippen LogP) is 1.49. The van der Waals surface area contributed by atoms with Crippen LogP contribution >= 0.6 is 0 Å². The lowest BCUT2D eigenvalue weighted by Gasteiger charge is -2.23. The third kappa shape index (κ3) is 0.549. The SMILES string of the molecule is CC1=C2C[C@H]3OC(C)=C4C[C@@H](O1)N2N43. The van der Waals surface area contributed by atoms with E-state index in [-0.39, 0.29) is 12.5 Å². The molecule has 0 aliphatic carbocycles. The van der Waals surface area contributed by atoms with Crippen LogP contribution in [0.5, 0.6) is 0 Å². The van der Waals surface area contributed by atoms with Crippen molar-refractivity contribution in [3.05, 3.63) is 22.9 Å².